The number of hydrogen-bond acceptors (Lipinski definition) is 4. The van der Waals surface area contributed by atoms with Crippen molar-refractivity contribution in [2.24, 2.45) is 0 Å². The Balaban J connectivity index is 2.04. The van der Waals surface area contributed by atoms with Crippen LogP contribution in [0.1, 0.15) is 11.1 Å². The minimum absolute atomic E-state index is 0.158. The van der Waals surface area contributed by atoms with Crippen LogP contribution < -0.4 is 0 Å². The van der Waals surface area contributed by atoms with Gasteiger partial charge in [0.1, 0.15) is 15.4 Å². The molecule has 21 heavy (non-hydrogen) atoms. The molecule has 3 rings (SSSR count). The topological polar surface area (TPSA) is 46.0 Å². The summed E-state index contributed by atoms with van der Waals surface area (Å²) in [5.74, 6) is 0. The number of benzene rings is 1. The summed E-state index contributed by atoms with van der Waals surface area (Å²) < 4.78 is 37.6. The molecule has 0 saturated carbocycles. The van der Waals surface area contributed by atoms with E-state index in [0.29, 0.717) is 26.5 Å². The minimum Gasteiger partial charge on any atom is -0.392 e. The maximum atomic E-state index is 12.5. The molecule has 2 heterocycles. The zero-order valence-corrected chi connectivity index (χ0v) is 11.4. The van der Waals surface area contributed by atoms with Crippen LogP contribution in [0.3, 0.4) is 0 Å². The average Bonchev–Trinajstić information content (AvgIpc) is 2.90. The summed E-state index contributed by atoms with van der Waals surface area (Å²) in [6.07, 6.45) is -2.78. The van der Waals surface area contributed by atoms with Gasteiger partial charge in [0.2, 0.25) is 0 Å². The van der Waals surface area contributed by atoms with Gasteiger partial charge in [0.25, 0.3) is 0 Å². The van der Waals surface area contributed by atoms with Crippen LogP contribution in [0.4, 0.5) is 13.2 Å². The number of aliphatic hydroxyl groups excluding tert-OH is 1. The van der Waals surface area contributed by atoms with Crippen molar-refractivity contribution in [1.82, 2.24) is 9.97 Å². The van der Waals surface area contributed by atoms with E-state index in [-0.39, 0.29) is 6.61 Å². The smallest absolute Gasteiger partial charge is 0.392 e. The van der Waals surface area contributed by atoms with Crippen LogP contribution in [0.25, 0.3) is 20.9 Å². The highest BCUT2D eigenvalue weighted by molar-refractivity contribution is 7.21. The van der Waals surface area contributed by atoms with E-state index in [1.807, 2.05) is 0 Å². The molecule has 0 saturated heterocycles. The predicted octanol–water partition coefficient (Wildman–Crippen LogP) is 3.87. The molecule has 0 amide bonds. The number of rotatable bonds is 2. The van der Waals surface area contributed by atoms with Gasteiger partial charge in [0.15, 0.2) is 0 Å². The zero-order valence-electron chi connectivity index (χ0n) is 10.6. The van der Waals surface area contributed by atoms with Crippen LogP contribution in [0.15, 0.2) is 36.5 Å². The van der Waals surface area contributed by atoms with E-state index < -0.39 is 11.7 Å². The molecule has 3 aromatic rings. The molecule has 108 valence electrons. The summed E-state index contributed by atoms with van der Waals surface area (Å²) >= 11 is 1.28. The molecule has 3 nitrogen and oxygen atoms in total. The number of aliphatic hydroxyl groups is 1. The molecule has 0 aliphatic rings. The second-order valence-electron chi connectivity index (χ2n) is 4.38. The summed E-state index contributed by atoms with van der Waals surface area (Å²) in [5, 5.41) is 9.83. The summed E-state index contributed by atoms with van der Waals surface area (Å²) in [7, 11) is 0. The van der Waals surface area contributed by atoms with E-state index in [4.69, 9.17) is 0 Å². The van der Waals surface area contributed by atoms with Gasteiger partial charge in [-0.3, -0.25) is 0 Å². The fourth-order valence-electron chi connectivity index (χ4n) is 1.94. The Morgan fingerprint density at radius 1 is 1.10 bits per heavy atom. The van der Waals surface area contributed by atoms with Crippen molar-refractivity contribution in [2.75, 3.05) is 0 Å². The fourth-order valence-corrected chi connectivity index (χ4v) is 2.90. The Hall–Kier alpha value is -1.99. The van der Waals surface area contributed by atoms with Crippen LogP contribution in [0.5, 0.6) is 0 Å². The molecule has 2 aromatic heterocycles. The van der Waals surface area contributed by atoms with Gasteiger partial charge >= 0.3 is 6.18 Å². The van der Waals surface area contributed by atoms with Crippen LogP contribution >= 0.6 is 11.3 Å². The summed E-state index contributed by atoms with van der Waals surface area (Å²) in [4.78, 5) is 9.17. The van der Waals surface area contributed by atoms with Crippen molar-refractivity contribution in [3.05, 3.63) is 47.7 Å². The van der Waals surface area contributed by atoms with E-state index in [2.05, 4.69) is 9.97 Å². The maximum Gasteiger partial charge on any atom is 0.416 e. The lowest BCUT2D eigenvalue weighted by atomic mass is 10.1. The second kappa shape index (κ2) is 5.09. The summed E-state index contributed by atoms with van der Waals surface area (Å²) in [6.45, 7) is -0.158. The number of hydrogen-bond donors (Lipinski definition) is 1. The van der Waals surface area contributed by atoms with Gasteiger partial charge < -0.3 is 5.11 Å². The average molecular weight is 310 g/mol. The van der Waals surface area contributed by atoms with Gasteiger partial charge in [-0.2, -0.15) is 13.2 Å². The van der Waals surface area contributed by atoms with E-state index in [1.54, 1.807) is 12.3 Å². The lowest BCUT2D eigenvalue weighted by Crippen LogP contribution is -2.03. The van der Waals surface area contributed by atoms with Crippen LogP contribution in [0.2, 0.25) is 0 Å². The van der Waals surface area contributed by atoms with Crippen molar-refractivity contribution in [1.29, 1.82) is 0 Å². The highest BCUT2D eigenvalue weighted by atomic mass is 32.1. The van der Waals surface area contributed by atoms with Gasteiger partial charge in [-0.15, -0.1) is 0 Å². The number of alkyl halides is 3. The summed E-state index contributed by atoms with van der Waals surface area (Å²) in [5.41, 5.74) is 1.13. The van der Waals surface area contributed by atoms with Gasteiger partial charge in [-0.05, 0) is 18.2 Å². The molecular weight excluding hydrogens is 301 g/mol. The monoisotopic (exact) mass is 310 g/mol. The third-order valence-corrected chi connectivity index (χ3v) is 4.02. The molecule has 0 atom stereocenters. The molecule has 0 unspecified atom stereocenters. The molecule has 1 N–H and O–H groups in total. The third kappa shape index (κ3) is 2.62. The Labute approximate surface area is 121 Å². The standard InChI is InChI=1S/C14H9F3N2OS/c15-14(16,17)10-3-1-8(2-4-10)12-19-11-9(7-20)5-6-18-13(11)21-12/h1-6,20H,7H2. The van der Waals surface area contributed by atoms with Crippen molar-refractivity contribution < 1.29 is 18.3 Å². The fraction of sp³-hybridized carbons (Fsp3) is 0.143. The Morgan fingerprint density at radius 3 is 2.43 bits per heavy atom. The van der Waals surface area contributed by atoms with E-state index >= 15 is 0 Å². The number of halogens is 3. The first-order valence-electron chi connectivity index (χ1n) is 6.02. The predicted molar refractivity (Wildman–Crippen MR) is 73.8 cm³/mol. The summed E-state index contributed by atoms with van der Waals surface area (Å²) in [6, 6.07) is 6.50. The SMILES string of the molecule is OCc1ccnc2sc(-c3ccc(C(F)(F)F)cc3)nc12. The Bertz CT molecular complexity index is 781. The first kappa shape index (κ1) is 14.0. The Morgan fingerprint density at radius 2 is 1.81 bits per heavy atom. The largest absolute Gasteiger partial charge is 0.416 e. The molecule has 0 fully saturated rings. The second-order valence-corrected chi connectivity index (χ2v) is 5.35. The van der Waals surface area contributed by atoms with Crippen LogP contribution in [-0.4, -0.2) is 15.1 Å². The van der Waals surface area contributed by atoms with Crippen molar-refractivity contribution in [3.63, 3.8) is 0 Å². The molecular formula is C14H9F3N2OS. The molecule has 0 spiro atoms. The molecule has 0 aliphatic heterocycles. The number of pyridine rings is 1. The molecule has 0 bridgehead atoms. The van der Waals surface area contributed by atoms with Gasteiger partial charge in [0, 0.05) is 17.3 Å². The molecule has 1 aromatic carbocycles. The number of nitrogens with zero attached hydrogens (tertiary/aromatic N) is 2. The maximum absolute atomic E-state index is 12.5. The van der Waals surface area contributed by atoms with E-state index in [9.17, 15) is 18.3 Å². The van der Waals surface area contributed by atoms with Crippen molar-refractivity contribution in [3.8, 4) is 10.6 Å². The molecule has 0 radical (unpaired) electrons. The van der Waals surface area contributed by atoms with E-state index in [0.717, 1.165) is 12.1 Å². The van der Waals surface area contributed by atoms with E-state index in [1.165, 1.54) is 23.5 Å². The number of thiazole rings is 1. The van der Waals surface area contributed by atoms with Crippen LogP contribution in [0, 0.1) is 0 Å². The highest BCUT2D eigenvalue weighted by Crippen LogP contribution is 2.33. The Kier molecular flexibility index (Phi) is 3.38. The van der Waals surface area contributed by atoms with Crippen molar-refractivity contribution in [2.45, 2.75) is 12.8 Å². The van der Waals surface area contributed by atoms with Gasteiger partial charge in [-0.25, -0.2) is 9.97 Å². The number of aromatic nitrogens is 2. The third-order valence-electron chi connectivity index (χ3n) is 3.01. The highest BCUT2D eigenvalue weighted by Gasteiger charge is 2.30. The minimum atomic E-state index is -4.35. The van der Waals surface area contributed by atoms with Crippen molar-refractivity contribution >= 4 is 21.7 Å². The number of fused-ring (bicyclic) bond motifs is 1. The quantitative estimate of drug-likeness (QED) is 0.781. The normalized spacial score (nSPS) is 12.0. The lowest BCUT2D eigenvalue weighted by Gasteiger charge is -2.06. The first-order chi connectivity index (χ1) is 9.99. The molecule has 7 heteroatoms. The lowest BCUT2D eigenvalue weighted by molar-refractivity contribution is -0.137. The van der Waals surface area contributed by atoms with Gasteiger partial charge in [0.05, 0.1) is 12.2 Å². The van der Waals surface area contributed by atoms with Gasteiger partial charge in [-0.1, -0.05) is 23.5 Å². The molecule has 0 aliphatic carbocycles. The first-order valence-corrected chi connectivity index (χ1v) is 6.83. The zero-order chi connectivity index (χ0) is 15.0. The van der Waals surface area contributed by atoms with Crippen LogP contribution in [-0.2, 0) is 12.8 Å².